The first kappa shape index (κ1) is 19.1. The highest BCUT2D eigenvalue weighted by Gasteiger charge is 2.41. The molecular weight excluding hydrogens is 341 g/mol. The van der Waals surface area contributed by atoms with Crippen molar-refractivity contribution in [1.29, 1.82) is 0 Å². The Morgan fingerprint density at radius 3 is 2.64 bits per heavy atom. The molecule has 0 aromatic carbocycles. The molecule has 1 aliphatic heterocycles. The molecule has 2 N–H and O–H groups in total. The van der Waals surface area contributed by atoms with Crippen molar-refractivity contribution in [2.75, 3.05) is 25.4 Å². The Hall–Kier alpha value is -0.930. The average Bonchev–Trinajstić information content (AvgIpc) is 2.97. The Labute approximate surface area is 136 Å². The summed E-state index contributed by atoms with van der Waals surface area (Å²) in [4.78, 5) is 12.5. The highest BCUT2D eigenvalue weighted by atomic mass is 35.5. The maximum Gasteiger partial charge on any atom is 0.441 e. The summed E-state index contributed by atoms with van der Waals surface area (Å²) in [6.07, 6.45) is 4.44. The van der Waals surface area contributed by atoms with E-state index in [9.17, 15) is 18.0 Å². The van der Waals surface area contributed by atoms with Gasteiger partial charge in [-0.25, -0.2) is 0 Å². The zero-order chi connectivity index (χ0) is 15.3. The van der Waals surface area contributed by atoms with Gasteiger partial charge in [0.25, 0.3) is 0 Å². The summed E-state index contributed by atoms with van der Waals surface area (Å²) in [5.41, 5.74) is -5.07. The number of hydrogen-bond acceptors (Lipinski definition) is 4. The molecule has 0 spiro atoms. The number of hydrogen-bond donors (Lipinski definition) is 2. The van der Waals surface area contributed by atoms with E-state index in [2.05, 4.69) is 15.7 Å². The van der Waals surface area contributed by atoms with Crippen LogP contribution in [0.25, 0.3) is 0 Å². The van der Waals surface area contributed by atoms with E-state index in [1.807, 2.05) is 0 Å². The standard InChI is InChI=1S/C12H17F3N4OS.ClH/c13-12(14,15)21-9-7-17-10(20)11(2-5-16-6-3-11)19-8-1-4-18-19;/h1,4,8,16H,2-3,5-7,9H2,(H,17,20);1H. The van der Waals surface area contributed by atoms with E-state index in [4.69, 9.17) is 0 Å². The summed E-state index contributed by atoms with van der Waals surface area (Å²) in [5, 5.41) is 9.92. The van der Waals surface area contributed by atoms with Gasteiger partial charge in [0.2, 0.25) is 5.91 Å². The fourth-order valence-corrected chi connectivity index (χ4v) is 2.85. The molecule has 0 radical (unpaired) electrons. The van der Waals surface area contributed by atoms with Crippen LogP contribution in [-0.2, 0) is 10.3 Å². The summed E-state index contributed by atoms with van der Waals surface area (Å²) in [6.45, 7) is 1.33. The molecule has 0 bridgehead atoms. The van der Waals surface area contributed by atoms with Gasteiger partial charge in [0.15, 0.2) is 0 Å². The number of halogens is 4. The second-order valence-electron chi connectivity index (χ2n) is 4.78. The molecule has 5 nitrogen and oxygen atoms in total. The van der Waals surface area contributed by atoms with E-state index >= 15 is 0 Å². The molecule has 1 aliphatic rings. The topological polar surface area (TPSA) is 59.0 Å². The lowest BCUT2D eigenvalue weighted by Gasteiger charge is -2.36. The molecule has 0 atom stereocenters. The van der Waals surface area contributed by atoms with Crippen LogP contribution in [0.1, 0.15) is 12.8 Å². The zero-order valence-corrected chi connectivity index (χ0v) is 13.4. The van der Waals surface area contributed by atoms with Gasteiger partial charge in [-0.05, 0) is 43.8 Å². The van der Waals surface area contributed by atoms with Gasteiger partial charge >= 0.3 is 5.51 Å². The Morgan fingerprint density at radius 2 is 2.09 bits per heavy atom. The summed E-state index contributed by atoms with van der Waals surface area (Å²) in [7, 11) is 0. The van der Waals surface area contributed by atoms with Crippen LogP contribution in [0, 0.1) is 0 Å². The number of amides is 1. The van der Waals surface area contributed by atoms with Gasteiger partial charge < -0.3 is 10.6 Å². The first-order valence-corrected chi connectivity index (χ1v) is 7.62. The number of carbonyl (C=O) groups is 1. The number of carbonyl (C=O) groups excluding carboxylic acids is 1. The van der Waals surface area contributed by atoms with Gasteiger partial charge in [-0.1, -0.05) is 0 Å². The van der Waals surface area contributed by atoms with Crippen LogP contribution in [0.5, 0.6) is 0 Å². The largest absolute Gasteiger partial charge is 0.441 e. The molecule has 1 fully saturated rings. The van der Waals surface area contributed by atoms with Crippen molar-refractivity contribution in [1.82, 2.24) is 20.4 Å². The summed E-state index contributed by atoms with van der Waals surface area (Å²) < 4.78 is 37.8. The zero-order valence-electron chi connectivity index (χ0n) is 11.7. The van der Waals surface area contributed by atoms with Crippen molar-refractivity contribution in [3.63, 3.8) is 0 Å². The van der Waals surface area contributed by atoms with Crippen LogP contribution in [-0.4, -0.2) is 46.6 Å². The number of alkyl halides is 3. The van der Waals surface area contributed by atoms with Crippen LogP contribution in [0.4, 0.5) is 13.2 Å². The van der Waals surface area contributed by atoms with Crippen molar-refractivity contribution in [2.24, 2.45) is 0 Å². The molecule has 22 heavy (non-hydrogen) atoms. The van der Waals surface area contributed by atoms with E-state index in [1.54, 1.807) is 23.1 Å². The fourth-order valence-electron chi connectivity index (χ4n) is 2.42. The highest BCUT2D eigenvalue weighted by molar-refractivity contribution is 8.00. The van der Waals surface area contributed by atoms with E-state index in [0.717, 1.165) is 0 Å². The quantitative estimate of drug-likeness (QED) is 0.787. The first-order valence-electron chi connectivity index (χ1n) is 6.64. The molecule has 1 saturated heterocycles. The second kappa shape index (κ2) is 8.07. The molecule has 0 unspecified atom stereocenters. The van der Waals surface area contributed by atoms with Crippen molar-refractivity contribution < 1.29 is 18.0 Å². The third-order valence-electron chi connectivity index (χ3n) is 3.45. The molecule has 1 amide bonds. The smallest absolute Gasteiger partial charge is 0.353 e. The molecule has 1 aromatic rings. The maximum absolute atomic E-state index is 12.5. The highest BCUT2D eigenvalue weighted by Crippen LogP contribution is 2.30. The molecule has 0 aliphatic carbocycles. The van der Waals surface area contributed by atoms with Crippen LogP contribution >= 0.6 is 24.2 Å². The van der Waals surface area contributed by atoms with Crippen molar-refractivity contribution in [3.05, 3.63) is 18.5 Å². The molecular formula is C12H18ClF3N4OS. The predicted molar refractivity (Wildman–Crippen MR) is 81.1 cm³/mol. The monoisotopic (exact) mass is 358 g/mol. The van der Waals surface area contributed by atoms with Gasteiger partial charge in [0.1, 0.15) is 5.54 Å². The minimum absolute atomic E-state index is 0. The Morgan fingerprint density at radius 1 is 1.41 bits per heavy atom. The second-order valence-corrected chi connectivity index (χ2v) is 5.94. The van der Waals surface area contributed by atoms with Crippen LogP contribution in [0.2, 0.25) is 0 Å². The van der Waals surface area contributed by atoms with E-state index in [-0.39, 0.29) is 42.4 Å². The van der Waals surface area contributed by atoms with Gasteiger partial charge in [0, 0.05) is 24.7 Å². The summed E-state index contributed by atoms with van der Waals surface area (Å²) in [5.74, 6) is -0.460. The van der Waals surface area contributed by atoms with Crippen molar-refractivity contribution in [3.8, 4) is 0 Å². The van der Waals surface area contributed by atoms with E-state index in [1.165, 1.54) is 0 Å². The number of nitrogens with zero attached hydrogens (tertiary/aromatic N) is 2. The number of nitrogens with one attached hydrogen (secondary N) is 2. The number of piperidine rings is 1. The SMILES string of the molecule is Cl.O=C(NCCSC(F)(F)F)C1(n2cccn2)CCNCC1. The Kier molecular flexibility index (Phi) is 7.01. The lowest BCUT2D eigenvalue weighted by Crippen LogP contribution is -2.54. The van der Waals surface area contributed by atoms with Crippen molar-refractivity contribution in [2.45, 2.75) is 23.9 Å². The molecule has 126 valence electrons. The number of aromatic nitrogens is 2. The number of rotatable bonds is 5. The van der Waals surface area contributed by atoms with Gasteiger partial charge in [-0.15, -0.1) is 12.4 Å². The van der Waals surface area contributed by atoms with Gasteiger partial charge in [-0.3, -0.25) is 9.48 Å². The Bertz CT molecular complexity index is 463. The molecule has 10 heteroatoms. The normalized spacial score (nSPS) is 17.6. The minimum atomic E-state index is -4.26. The minimum Gasteiger partial charge on any atom is -0.353 e. The average molecular weight is 359 g/mol. The fraction of sp³-hybridized carbons (Fsp3) is 0.667. The Balaban J connectivity index is 0.00000242. The third kappa shape index (κ3) is 4.79. The molecule has 2 rings (SSSR count). The third-order valence-corrected chi connectivity index (χ3v) is 4.19. The van der Waals surface area contributed by atoms with Crippen LogP contribution in [0.3, 0.4) is 0 Å². The lowest BCUT2D eigenvalue weighted by molar-refractivity contribution is -0.131. The van der Waals surface area contributed by atoms with Crippen LogP contribution in [0.15, 0.2) is 18.5 Å². The molecule has 0 saturated carbocycles. The van der Waals surface area contributed by atoms with Crippen molar-refractivity contribution >= 4 is 30.1 Å². The maximum atomic E-state index is 12.5. The molecule has 1 aromatic heterocycles. The van der Waals surface area contributed by atoms with Crippen LogP contribution < -0.4 is 10.6 Å². The molecule has 2 heterocycles. The van der Waals surface area contributed by atoms with E-state index in [0.29, 0.717) is 25.9 Å². The number of thioether (sulfide) groups is 1. The first-order chi connectivity index (χ1) is 9.94. The summed E-state index contributed by atoms with van der Waals surface area (Å²) >= 11 is -0.131. The van der Waals surface area contributed by atoms with Gasteiger partial charge in [0.05, 0.1) is 0 Å². The lowest BCUT2D eigenvalue weighted by atomic mass is 9.87. The van der Waals surface area contributed by atoms with Gasteiger partial charge in [-0.2, -0.15) is 18.3 Å². The summed E-state index contributed by atoms with van der Waals surface area (Å²) in [6, 6.07) is 1.73. The van der Waals surface area contributed by atoms with E-state index < -0.39 is 11.0 Å². The predicted octanol–water partition coefficient (Wildman–Crippen LogP) is 1.75.